The minimum absolute atomic E-state index is 0.0464. The summed E-state index contributed by atoms with van der Waals surface area (Å²) in [5.74, 6) is -0.188. The first-order valence-electron chi connectivity index (χ1n) is 4.56. The number of carbonyl (C=O) groups is 1. The summed E-state index contributed by atoms with van der Waals surface area (Å²) in [4.78, 5) is 11.3. The maximum absolute atomic E-state index is 11.3. The third-order valence-electron chi connectivity index (χ3n) is 2.67. The summed E-state index contributed by atoms with van der Waals surface area (Å²) in [6.45, 7) is 0. The van der Waals surface area contributed by atoms with Crippen molar-refractivity contribution in [1.82, 2.24) is 0 Å². The summed E-state index contributed by atoms with van der Waals surface area (Å²) in [5.41, 5.74) is 2.28. The molecule has 0 amide bonds. The van der Waals surface area contributed by atoms with E-state index in [9.17, 15) is 4.79 Å². The fraction of sp³-hybridized carbons (Fsp3) is 0.364. The zero-order valence-corrected chi connectivity index (χ0v) is 8.67. The Bertz CT molecular complexity index is 374. The van der Waals surface area contributed by atoms with Crippen LogP contribution >= 0.6 is 11.6 Å². The average Bonchev–Trinajstić information content (AvgIpc) is 2.62. The van der Waals surface area contributed by atoms with Crippen molar-refractivity contribution >= 4 is 17.6 Å². The fourth-order valence-electron chi connectivity index (χ4n) is 1.94. The highest BCUT2D eigenvalue weighted by Gasteiger charge is 2.29. The molecule has 3 heteroatoms. The Balaban J connectivity index is 2.26. The van der Waals surface area contributed by atoms with Crippen LogP contribution in [0.2, 0.25) is 5.02 Å². The van der Waals surface area contributed by atoms with Crippen LogP contribution in [0.15, 0.2) is 18.2 Å². The van der Waals surface area contributed by atoms with Crippen molar-refractivity contribution in [3.8, 4) is 0 Å². The summed E-state index contributed by atoms with van der Waals surface area (Å²) >= 11 is 6.03. The van der Waals surface area contributed by atoms with Crippen molar-refractivity contribution in [2.75, 3.05) is 7.11 Å². The van der Waals surface area contributed by atoms with Gasteiger partial charge in [0, 0.05) is 5.02 Å². The van der Waals surface area contributed by atoms with Crippen molar-refractivity contribution in [1.29, 1.82) is 0 Å². The highest BCUT2D eigenvalue weighted by molar-refractivity contribution is 6.31. The molecule has 0 spiro atoms. The molecule has 0 saturated heterocycles. The smallest absolute Gasteiger partial charge is 0.309 e. The number of rotatable bonds is 1. The number of methoxy groups -OCH3 is 1. The number of hydrogen-bond donors (Lipinski definition) is 0. The van der Waals surface area contributed by atoms with E-state index in [-0.39, 0.29) is 11.9 Å². The molecule has 1 atom stereocenters. The van der Waals surface area contributed by atoms with Gasteiger partial charge in [0.1, 0.15) is 0 Å². The van der Waals surface area contributed by atoms with E-state index in [1.54, 1.807) is 0 Å². The molecule has 14 heavy (non-hydrogen) atoms. The molecule has 1 unspecified atom stereocenters. The van der Waals surface area contributed by atoms with Crippen LogP contribution in [-0.2, 0) is 22.4 Å². The Morgan fingerprint density at radius 2 is 2.29 bits per heavy atom. The minimum Gasteiger partial charge on any atom is -0.469 e. The van der Waals surface area contributed by atoms with Gasteiger partial charge in [0.05, 0.1) is 13.0 Å². The van der Waals surface area contributed by atoms with Gasteiger partial charge in [-0.25, -0.2) is 0 Å². The lowest BCUT2D eigenvalue weighted by Crippen LogP contribution is -2.15. The van der Waals surface area contributed by atoms with Crippen molar-refractivity contribution in [3.63, 3.8) is 0 Å². The SMILES string of the molecule is COC(=O)C1Cc2cccc(Cl)c2C1. The molecule has 0 bridgehead atoms. The number of hydrogen-bond acceptors (Lipinski definition) is 2. The van der Waals surface area contributed by atoms with E-state index in [0.29, 0.717) is 6.42 Å². The predicted molar refractivity (Wildman–Crippen MR) is 54.4 cm³/mol. The standard InChI is InChI=1S/C11H11ClO2/c1-14-11(13)8-5-7-3-2-4-10(12)9(7)6-8/h2-4,8H,5-6H2,1H3. The summed E-state index contributed by atoms with van der Waals surface area (Å²) in [5, 5.41) is 0.758. The molecule has 0 N–H and O–H groups in total. The van der Waals surface area contributed by atoms with Gasteiger partial charge in [-0.2, -0.15) is 0 Å². The molecule has 1 aliphatic rings. The van der Waals surface area contributed by atoms with Gasteiger partial charge in [-0.15, -0.1) is 0 Å². The van der Waals surface area contributed by atoms with Gasteiger partial charge in [0.2, 0.25) is 0 Å². The van der Waals surface area contributed by atoms with E-state index >= 15 is 0 Å². The Morgan fingerprint density at radius 1 is 1.50 bits per heavy atom. The van der Waals surface area contributed by atoms with Crippen LogP contribution in [0.4, 0.5) is 0 Å². The Labute approximate surface area is 87.8 Å². The fourth-order valence-corrected chi connectivity index (χ4v) is 2.21. The number of carbonyl (C=O) groups excluding carboxylic acids is 1. The summed E-state index contributed by atoms with van der Waals surface area (Å²) in [7, 11) is 1.42. The minimum atomic E-state index is -0.141. The van der Waals surface area contributed by atoms with Crippen LogP contribution < -0.4 is 0 Å². The Kier molecular flexibility index (Phi) is 2.46. The second-order valence-electron chi connectivity index (χ2n) is 3.51. The number of ether oxygens (including phenoxy) is 1. The molecule has 0 aromatic heterocycles. The molecule has 0 radical (unpaired) electrons. The quantitative estimate of drug-likeness (QED) is 0.665. The van der Waals surface area contributed by atoms with Gasteiger partial charge in [-0.1, -0.05) is 23.7 Å². The topological polar surface area (TPSA) is 26.3 Å². The number of halogens is 1. The van der Waals surface area contributed by atoms with E-state index in [1.165, 1.54) is 12.7 Å². The van der Waals surface area contributed by atoms with E-state index in [0.717, 1.165) is 17.0 Å². The monoisotopic (exact) mass is 210 g/mol. The third kappa shape index (κ3) is 1.50. The summed E-state index contributed by atoms with van der Waals surface area (Å²) in [6.07, 6.45) is 1.46. The first kappa shape index (κ1) is 9.53. The first-order valence-corrected chi connectivity index (χ1v) is 4.94. The van der Waals surface area contributed by atoms with Crippen molar-refractivity contribution < 1.29 is 9.53 Å². The third-order valence-corrected chi connectivity index (χ3v) is 3.02. The molecule has 1 aromatic carbocycles. The molecule has 2 rings (SSSR count). The molecule has 1 aromatic rings. The first-order chi connectivity index (χ1) is 6.72. The van der Waals surface area contributed by atoms with Gasteiger partial charge in [-0.3, -0.25) is 4.79 Å². The molecular weight excluding hydrogens is 200 g/mol. The number of benzene rings is 1. The molecule has 2 nitrogen and oxygen atoms in total. The lowest BCUT2D eigenvalue weighted by atomic mass is 10.1. The lowest BCUT2D eigenvalue weighted by Gasteiger charge is -2.04. The number of esters is 1. The van der Waals surface area contributed by atoms with E-state index in [2.05, 4.69) is 0 Å². The van der Waals surface area contributed by atoms with E-state index < -0.39 is 0 Å². The van der Waals surface area contributed by atoms with Crippen molar-refractivity contribution in [2.45, 2.75) is 12.8 Å². The zero-order chi connectivity index (χ0) is 10.1. The molecule has 0 fully saturated rings. The largest absolute Gasteiger partial charge is 0.469 e. The van der Waals surface area contributed by atoms with Crippen LogP contribution in [0.5, 0.6) is 0 Å². The maximum Gasteiger partial charge on any atom is 0.309 e. The Morgan fingerprint density at radius 3 is 2.93 bits per heavy atom. The normalized spacial score (nSPS) is 19.1. The van der Waals surface area contributed by atoms with Crippen LogP contribution in [0.1, 0.15) is 11.1 Å². The van der Waals surface area contributed by atoms with Gasteiger partial charge < -0.3 is 4.74 Å². The van der Waals surface area contributed by atoms with E-state index in [4.69, 9.17) is 16.3 Å². The van der Waals surface area contributed by atoms with Gasteiger partial charge in [-0.05, 0) is 30.0 Å². The Hall–Kier alpha value is -1.02. The molecule has 1 aliphatic carbocycles. The summed E-state index contributed by atoms with van der Waals surface area (Å²) < 4.78 is 4.72. The maximum atomic E-state index is 11.3. The molecular formula is C11H11ClO2. The predicted octanol–water partition coefficient (Wildman–Crippen LogP) is 2.23. The lowest BCUT2D eigenvalue weighted by molar-refractivity contribution is -0.145. The van der Waals surface area contributed by atoms with Crippen molar-refractivity contribution in [3.05, 3.63) is 34.3 Å². The average molecular weight is 211 g/mol. The van der Waals surface area contributed by atoms with E-state index in [1.807, 2.05) is 18.2 Å². The highest BCUT2D eigenvalue weighted by atomic mass is 35.5. The van der Waals surface area contributed by atoms with Gasteiger partial charge in [0.25, 0.3) is 0 Å². The van der Waals surface area contributed by atoms with Gasteiger partial charge >= 0.3 is 5.97 Å². The molecule has 0 aliphatic heterocycles. The second kappa shape index (κ2) is 3.62. The van der Waals surface area contributed by atoms with Gasteiger partial charge in [0.15, 0.2) is 0 Å². The van der Waals surface area contributed by atoms with Crippen LogP contribution in [0.25, 0.3) is 0 Å². The van der Waals surface area contributed by atoms with Crippen LogP contribution in [0.3, 0.4) is 0 Å². The van der Waals surface area contributed by atoms with Crippen LogP contribution in [-0.4, -0.2) is 13.1 Å². The number of fused-ring (bicyclic) bond motifs is 1. The molecule has 74 valence electrons. The molecule has 0 saturated carbocycles. The summed E-state index contributed by atoms with van der Waals surface area (Å²) in [6, 6.07) is 5.80. The van der Waals surface area contributed by atoms with Crippen LogP contribution in [0, 0.1) is 5.92 Å². The highest BCUT2D eigenvalue weighted by Crippen LogP contribution is 2.32. The van der Waals surface area contributed by atoms with Crippen molar-refractivity contribution in [2.24, 2.45) is 5.92 Å². The molecule has 0 heterocycles. The second-order valence-corrected chi connectivity index (χ2v) is 3.91. The zero-order valence-electron chi connectivity index (χ0n) is 7.92.